The summed E-state index contributed by atoms with van der Waals surface area (Å²) < 4.78 is 0. The SMILES string of the molecule is O=[N+]([O-])[O-].[NH2-].[NH2-].[Pd]. The molecule has 0 aromatic rings. The molecule has 7 heteroatoms. The van der Waals surface area contributed by atoms with E-state index in [0.29, 0.717) is 0 Å². The third-order valence-corrected chi connectivity index (χ3v) is 0. The van der Waals surface area contributed by atoms with Crippen molar-refractivity contribution in [2.75, 3.05) is 0 Å². The molecule has 7 heavy (non-hydrogen) atoms. The molecule has 0 fully saturated rings. The number of nitrogens with zero attached hydrogens (tertiary/aromatic N) is 1. The van der Waals surface area contributed by atoms with Crippen LogP contribution in [0, 0.1) is 15.3 Å². The first-order chi connectivity index (χ1) is 1.73. The maximum absolute atomic E-state index is 8.25. The molecule has 0 atom stereocenters. The van der Waals surface area contributed by atoms with Crippen LogP contribution < -0.4 is 0 Å². The molecule has 0 saturated heterocycles. The van der Waals surface area contributed by atoms with Crippen LogP contribution in [-0.2, 0) is 20.4 Å². The Morgan fingerprint density at radius 2 is 1.14 bits per heavy atom. The quantitative estimate of drug-likeness (QED) is 0.330. The molecular formula is H4N3O3Pd-3. The van der Waals surface area contributed by atoms with Gasteiger partial charge >= 0.3 is 0 Å². The van der Waals surface area contributed by atoms with Gasteiger partial charge in [-0.2, -0.15) is 0 Å². The number of nitrogens with two attached hydrogens (primary N) is 2. The van der Waals surface area contributed by atoms with E-state index in [0.717, 1.165) is 0 Å². The zero-order valence-corrected chi connectivity index (χ0v) is 4.70. The summed E-state index contributed by atoms with van der Waals surface area (Å²) >= 11 is 0. The van der Waals surface area contributed by atoms with Crippen LogP contribution >= 0.6 is 0 Å². The Balaban J connectivity index is -0.0000000150. The molecule has 0 amide bonds. The van der Waals surface area contributed by atoms with E-state index in [1.165, 1.54) is 0 Å². The van der Waals surface area contributed by atoms with Crippen LogP contribution in [0.3, 0.4) is 0 Å². The van der Waals surface area contributed by atoms with Crippen LogP contribution in [0.25, 0.3) is 12.3 Å². The van der Waals surface area contributed by atoms with E-state index < -0.39 is 5.09 Å². The summed E-state index contributed by atoms with van der Waals surface area (Å²) in [6.45, 7) is 0. The summed E-state index contributed by atoms with van der Waals surface area (Å²) in [5.74, 6) is 0. The Morgan fingerprint density at radius 1 is 1.14 bits per heavy atom. The van der Waals surface area contributed by atoms with Crippen molar-refractivity contribution in [3.05, 3.63) is 27.6 Å². The fourth-order valence-electron chi connectivity index (χ4n) is 0. The average Bonchev–Trinajstić information content (AvgIpc) is 0.811. The van der Waals surface area contributed by atoms with E-state index in [-0.39, 0.29) is 32.7 Å². The molecule has 0 bridgehead atoms. The molecule has 0 aliphatic rings. The minimum atomic E-state index is -1.75. The minimum Gasteiger partial charge on any atom is -0.693 e. The van der Waals surface area contributed by atoms with Crippen molar-refractivity contribution in [1.29, 1.82) is 0 Å². The monoisotopic (exact) mass is 200 g/mol. The Labute approximate surface area is 53.8 Å². The maximum atomic E-state index is 8.25. The summed E-state index contributed by atoms with van der Waals surface area (Å²) in [7, 11) is 0. The summed E-state index contributed by atoms with van der Waals surface area (Å²) in [5.41, 5.74) is 0. The van der Waals surface area contributed by atoms with Gasteiger partial charge in [0.1, 0.15) is 0 Å². The molecule has 0 radical (unpaired) electrons. The number of hydrogen-bond donors (Lipinski definition) is 0. The van der Waals surface area contributed by atoms with Crippen LogP contribution in [0.2, 0.25) is 0 Å². The summed E-state index contributed by atoms with van der Waals surface area (Å²) in [5, 5.41) is 14.8. The van der Waals surface area contributed by atoms with Gasteiger partial charge in [-0.1, -0.05) is 0 Å². The van der Waals surface area contributed by atoms with E-state index in [1.54, 1.807) is 0 Å². The second-order valence-electron chi connectivity index (χ2n) is 0.224. The van der Waals surface area contributed by atoms with Crippen molar-refractivity contribution in [1.82, 2.24) is 0 Å². The summed E-state index contributed by atoms with van der Waals surface area (Å²) in [6, 6.07) is 0. The van der Waals surface area contributed by atoms with Gasteiger partial charge in [-0.15, -0.1) is 0 Å². The third kappa shape index (κ3) is 1750. The largest absolute Gasteiger partial charge is 0.693 e. The van der Waals surface area contributed by atoms with E-state index in [4.69, 9.17) is 15.3 Å². The standard InChI is InChI=1S/NO3.2H2N.Pd/c2-1(3)4;;;/h;2*1H2;/q3*-1;. The van der Waals surface area contributed by atoms with Gasteiger partial charge in [-0.25, -0.2) is 0 Å². The molecule has 4 N–H and O–H groups in total. The van der Waals surface area contributed by atoms with Crippen molar-refractivity contribution in [3.8, 4) is 0 Å². The summed E-state index contributed by atoms with van der Waals surface area (Å²) in [4.78, 5) is 8.25. The molecule has 0 aliphatic carbocycles. The van der Waals surface area contributed by atoms with E-state index in [2.05, 4.69) is 0 Å². The Hall–Kier alpha value is -0.218. The first-order valence-electron chi connectivity index (χ1n) is 0.548. The zero-order valence-electron chi connectivity index (χ0n) is 3.14. The van der Waals surface area contributed by atoms with Gasteiger partial charge in [0.2, 0.25) is 0 Å². The molecule has 0 spiro atoms. The molecule has 0 saturated carbocycles. The van der Waals surface area contributed by atoms with Gasteiger partial charge in [-0.3, -0.25) is 0 Å². The van der Waals surface area contributed by atoms with Gasteiger partial charge in [0.25, 0.3) is 0 Å². The Bertz CT molecular complexity index is 33.2. The van der Waals surface area contributed by atoms with Crippen molar-refractivity contribution >= 4 is 0 Å². The second-order valence-corrected chi connectivity index (χ2v) is 0.224. The van der Waals surface area contributed by atoms with Crippen LogP contribution in [0.4, 0.5) is 0 Å². The van der Waals surface area contributed by atoms with Crippen LogP contribution in [0.15, 0.2) is 0 Å². The fourth-order valence-corrected chi connectivity index (χ4v) is 0. The third-order valence-electron chi connectivity index (χ3n) is 0. The van der Waals surface area contributed by atoms with E-state index in [1.807, 2.05) is 0 Å². The molecule has 50 valence electrons. The minimum absolute atomic E-state index is 0. The van der Waals surface area contributed by atoms with Crippen molar-refractivity contribution in [3.63, 3.8) is 0 Å². The van der Waals surface area contributed by atoms with E-state index >= 15 is 0 Å². The smallest absolute Gasteiger partial charge is 0.0689 e. The molecule has 0 aromatic carbocycles. The number of hydrogen-bond acceptors (Lipinski definition) is 3. The van der Waals surface area contributed by atoms with Gasteiger partial charge in [0.05, 0.1) is 5.09 Å². The Morgan fingerprint density at radius 3 is 1.14 bits per heavy atom. The first-order valence-corrected chi connectivity index (χ1v) is 0.548. The van der Waals surface area contributed by atoms with Gasteiger partial charge in [-0.05, 0) is 0 Å². The second kappa shape index (κ2) is 17.1. The molecule has 0 aromatic heterocycles. The Kier molecular flexibility index (Phi) is 71.5. The molecular weight excluding hydrogens is 196 g/mol. The fraction of sp³-hybridized carbons (Fsp3) is 0. The van der Waals surface area contributed by atoms with Crippen LogP contribution in [0.5, 0.6) is 0 Å². The number of rotatable bonds is 0. The zero-order chi connectivity index (χ0) is 3.58. The molecule has 0 heterocycles. The predicted octanol–water partition coefficient (Wildman–Crippen LogP) is 1.19. The van der Waals surface area contributed by atoms with E-state index in [9.17, 15) is 0 Å². The van der Waals surface area contributed by atoms with Gasteiger partial charge < -0.3 is 27.6 Å². The maximum Gasteiger partial charge on any atom is 0.0689 e. The summed E-state index contributed by atoms with van der Waals surface area (Å²) in [6.07, 6.45) is 0. The van der Waals surface area contributed by atoms with Crippen molar-refractivity contribution < 1.29 is 25.5 Å². The molecule has 0 rings (SSSR count). The molecule has 6 nitrogen and oxygen atoms in total. The predicted molar refractivity (Wildman–Crippen MR) is 20.9 cm³/mol. The first kappa shape index (κ1) is 29.3. The van der Waals surface area contributed by atoms with Crippen LogP contribution in [0.1, 0.15) is 0 Å². The van der Waals surface area contributed by atoms with Crippen molar-refractivity contribution in [2.24, 2.45) is 0 Å². The molecule has 0 aliphatic heterocycles. The van der Waals surface area contributed by atoms with Gasteiger partial charge in [0, 0.05) is 20.4 Å². The average molecular weight is 200 g/mol. The van der Waals surface area contributed by atoms with Crippen LogP contribution in [-0.4, -0.2) is 5.09 Å². The normalized spacial score (nSPS) is 3.43. The topological polar surface area (TPSA) is 133 Å². The van der Waals surface area contributed by atoms with Crippen molar-refractivity contribution in [2.45, 2.75) is 0 Å². The van der Waals surface area contributed by atoms with Gasteiger partial charge in [0.15, 0.2) is 0 Å². The molecule has 0 unspecified atom stereocenters.